The van der Waals surface area contributed by atoms with Crippen molar-refractivity contribution in [3.05, 3.63) is 71.9 Å². The van der Waals surface area contributed by atoms with E-state index in [2.05, 4.69) is 0 Å². The van der Waals surface area contributed by atoms with Crippen LogP contribution >= 0.6 is 0 Å². The van der Waals surface area contributed by atoms with E-state index in [0.29, 0.717) is 0 Å². The highest BCUT2D eigenvalue weighted by molar-refractivity contribution is 7.91. The lowest BCUT2D eigenvalue weighted by Gasteiger charge is -2.12. The summed E-state index contributed by atoms with van der Waals surface area (Å²) in [6.45, 7) is 0. The van der Waals surface area contributed by atoms with Gasteiger partial charge in [-0.1, -0.05) is 36.4 Å². The fourth-order valence-electron chi connectivity index (χ4n) is 2.27. The van der Waals surface area contributed by atoms with E-state index in [9.17, 15) is 13.6 Å². The molecule has 0 bridgehead atoms. The lowest BCUT2D eigenvalue weighted by atomic mass is 10.1. The molecule has 0 aliphatic heterocycles. The highest BCUT2D eigenvalue weighted by Gasteiger charge is 2.19. The second kappa shape index (κ2) is 5.51. The maximum Gasteiger partial charge on any atom is 0.206 e. The first kappa shape index (κ1) is 14.7. The molecular formula is C16H13NO4S. The van der Waals surface area contributed by atoms with Gasteiger partial charge in [0.1, 0.15) is 0 Å². The Labute approximate surface area is 127 Å². The first-order valence-corrected chi connectivity index (χ1v) is 8.04. The van der Waals surface area contributed by atoms with Crippen LogP contribution < -0.4 is 5.23 Å². The van der Waals surface area contributed by atoms with E-state index in [1.54, 1.807) is 12.1 Å². The second-order valence-corrected chi connectivity index (χ2v) is 6.80. The van der Waals surface area contributed by atoms with Gasteiger partial charge in [-0.05, 0) is 29.0 Å². The van der Waals surface area contributed by atoms with Gasteiger partial charge in [-0.3, -0.25) is 0 Å². The van der Waals surface area contributed by atoms with Crippen LogP contribution in [-0.2, 0) is 9.84 Å². The van der Waals surface area contributed by atoms with Crippen molar-refractivity contribution in [1.29, 1.82) is 0 Å². The number of sulfone groups is 1. The number of hydrogen-bond donors (Lipinski definition) is 2. The van der Waals surface area contributed by atoms with Gasteiger partial charge in [0.15, 0.2) is 5.69 Å². The van der Waals surface area contributed by atoms with Crippen LogP contribution in [0.15, 0.2) is 76.5 Å². The largest absolute Gasteiger partial charge is 0.595 e. The summed E-state index contributed by atoms with van der Waals surface area (Å²) in [6.07, 6.45) is 0. The van der Waals surface area contributed by atoms with Crippen molar-refractivity contribution < 1.29 is 18.9 Å². The Morgan fingerprint density at radius 1 is 0.818 bits per heavy atom. The molecule has 1 atom stereocenters. The molecule has 5 nitrogen and oxygen atoms in total. The number of hydrogen-bond acceptors (Lipinski definition) is 4. The number of nitrogens with one attached hydrogen (secondary N) is 1. The maximum atomic E-state index is 12.7. The van der Waals surface area contributed by atoms with Crippen LogP contribution in [0.25, 0.3) is 10.8 Å². The first-order valence-electron chi connectivity index (χ1n) is 6.56. The number of benzene rings is 3. The number of quaternary nitrogens is 1. The molecule has 0 aliphatic rings. The van der Waals surface area contributed by atoms with Gasteiger partial charge in [0.25, 0.3) is 0 Å². The smallest absolute Gasteiger partial charge is 0.206 e. The second-order valence-electron chi connectivity index (χ2n) is 4.85. The maximum absolute atomic E-state index is 12.7. The summed E-state index contributed by atoms with van der Waals surface area (Å²) in [5.41, 5.74) is -0.0538. The Morgan fingerprint density at radius 2 is 1.50 bits per heavy atom. The Bertz CT molecular complexity index is 936. The Kier molecular flexibility index (Phi) is 3.67. The molecule has 0 aliphatic carbocycles. The molecule has 0 amide bonds. The van der Waals surface area contributed by atoms with E-state index in [1.807, 2.05) is 24.3 Å². The molecule has 2 N–H and O–H groups in total. The van der Waals surface area contributed by atoms with Gasteiger partial charge >= 0.3 is 0 Å². The van der Waals surface area contributed by atoms with Crippen molar-refractivity contribution in [3.63, 3.8) is 0 Å². The van der Waals surface area contributed by atoms with Gasteiger partial charge in [-0.25, -0.2) is 13.6 Å². The minimum Gasteiger partial charge on any atom is -0.595 e. The van der Waals surface area contributed by atoms with Crippen LogP contribution in [0.2, 0.25) is 0 Å². The predicted molar refractivity (Wildman–Crippen MR) is 81.6 cm³/mol. The van der Waals surface area contributed by atoms with Crippen LogP contribution in [0, 0.1) is 5.21 Å². The van der Waals surface area contributed by atoms with Crippen molar-refractivity contribution in [1.82, 2.24) is 0 Å². The molecule has 0 fully saturated rings. The molecule has 3 aromatic carbocycles. The molecule has 0 spiro atoms. The Hall–Kier alpha value is -2.25. The predicted octanol–water partition coefficient (Wildman–Crippen LogP) is 2.08. The number of rotatable bonds is 3. The summed E-state index contributed by atoms with van der Waals surface area (Å²) in [5.74, 6) is 0. The quantitative estimate of drug-likeness (QED) is 0.725. The zero-order chi connectivity index (χ0) is 15.7. The van der Waals surface area contributed by atoms with E-state index in [0.717, 1.165) is 10.8 Å². The molecule has 112 valence electrons. The molecule has 22 heavy (non-hydrogen) atoms. The van der Waals surface area contributed by atoms with Gasteiger partial charge in [0, 0.05) is 12.1 Å². The van der Waals surface area contributed by atoms with Crippen molar-refractivity contribution in [2.75, 3.05) is 0 Å². The Balaban J connectivity index is 2.13. The highest BCUT2D eigenvalue weighted by atomic mass is 32.2. The molecule has 0 radical (unpaired) electrons. The van der Waals surface area contributed by atoms with Crippen molar-refractivity contribution >= 4 is 26.3 Å². The van der Waals surface area contributed by atoms with Crippen LogP contribution in [0.4, 0.5) is 5.69 Å². The van der Waals surface area contributed by atoms with Gasteiger partial charge in [0.05, 0.1) is 9.79 Å². The fourth-order valence-corrected chi connectivity index (χ4v) is 3.61. The topological polar surface area (TPSA) is 81.9 Å². The SMILES string of the molecule is O=S(=O)(c1cccc([NH+]([O-])O)c1)c1ccc2ccccc2c1. The van der Waals surface area contributed by atoms with Gasteiger partial charge in [0.2, 0.25) is 9.84 Å². The molecular weight excluding hydrogens is 302 g/mol. The van der Waals surface area contributed by atoms with E-state index in [-0.39, 0.29) is 15.5 Å². The lowest BCUT2D eigenvalue weighted by Crippen LogP contribution is -2.99. The fraction of sp³-hybridized carbons (Fsp3) is 0. The average molecular weight is 315 g/mol. The number of fused-ring (bicyclic) bond motifs is 1. The summed E-state index contributed by atoms with van der Waals surface area (Å²) in [5, 5.41) is 20.6. The lowest BCUT2D eigenvalue weighted by molar-refractivity contribution is -0.991. The van der Waals surface area contributed by atoms with Crippen molar-refractivity contribution in [2.24, 2.45) is 0 Å². The normalized spacial score (nSPS) is 13.2. The van der Waals surface area contributed by atoms with Gasteiger partial charge in [-0.2, -0.15) is 5.23 Å². The minimum atomic E-state index is -3.75. The van der Waals surface area contributed by atoms with E-state index in [1.165, 1.54) is 30.3 Å². The third kappa shape index (κ3) is 2.60. The zero-order valence-corrected chi connectivity index (χ0v) is 12.2. The average Bonchev–Trinajstić information content (AvgIpc) is 2.54. The summed E-state index contributed by atoms with van der Waals surface area (Å²) in [7, 11) is -3.75. The van der Waals surface area contributed by atoms with Crippen molar-refractivity contribution in [2.45, 2.75) is 9.79 Å². The first-order chi connectivity index (χ1) is 10.5. The molecule has 0 heterocycles. The van der Waals surface area contributed by atoms with E-state index in [4.69, 9.17) is 5.21 Å². The van der Waals surface area contributed by atoms with Crippen LogP contribution in [0.3, 0.4) is 0 Å². The summed E-state index contributed by atoms with van der Waals surface area (Å²) in [4.78, 5) is 0.122. The summed E-state index contributed by atoms with van der Waals surface area (Å²) >= 11 is 0. The molecule has 0 saturated heterocycles. The van der Waals surface area contributed by atoms with Crippen LogP contribution in [0.5, 0.6) is 0 Å². The van der Waals surface area contributed by atoms with Crippen LogP contribution in [-0.4, -0.2) is 13.6 Å². The molecule has 0 saturated carbocycles. The molecule has 3 rings (SSSR count). The zero-order valence-electron chi connectivity index (χ0n) is 11.4. The molecule has 3 aromatic rings. The molecule has 6 heteroatoms. The highest BCUT2D eigenvalue weighted by Crippen LogP contribution is 2.25. The van der Waals surface area contributed by atoms with Crippen LogP contribution in [0.1, 0.15) is 0 Å². The Morgan fingerprint density at radius 3 is 2.23 bits per heavy atom. The summed E-state index contributed by atoms with van der Waals surface area (Å²) in [6, 6.07) is 17.7. The third-order valence-electron chi connectivity index (χ3n) is 3.42. The monoisotopic (exact) mass is 315 g/mol. The molecule has 1 unspecified atom stereocenters. The van der Waals surface area contributed by atoms with Crippen molar-refractivity contribution in [3.8, 4) is 0 Å². The van der Waals surface area contributed by atoms with E-state index >= 15 is 0 Å². The van der Waals surface area contributed by atoms with Gasteiger partial charge < -0.3 is 5.21 Å². The minimum absolute atomic E-state index is 0.0253. The third-order valence-corrected chi connectivity index (χ3v) is 5.17. The standard InChI is InChI=1S/C16H13NO4S/c18-17(19)14-6-3-7-15(11-14)22(20,21)16-9-8-12-4-1-2-5-13(12)10-16/h1-11,17-18H. The summed E-state index contributed by atoms with van der Waals surface area (Å²) < 4.78 is 25.3. The van der Waals surface area contributed by atoms with Gasteiger partial charge in [-0.15, -0.1) is 0 Å². The molecule has 0 aromatic heterocycles. The van der Waals surface area contributed by atoms with E-state index < -0.39 is 15.1 Å².